The molecule has 1 aromatic carbocycles. The van der Waals surface area contributed by atoms with Gasteiger partial charge in [-0.05, 0) is 17.7 Å². The molecular weight excluding hydrogens is 320 g/mol. The maximum absolute atomic E-state index is 13.3. The fraction of sp³-hybridized carbons (Fsp3) is 0.333. The van der Waals surface area contributed by atoms with Crippen molar-refractivity contribution in [2.75, 3.05) is 14.2 Å². The van der Waals surface area contributed by atoms with Gasteiger partial charge in [-0.1, -0.05) is 24.3 Å². The summed E-state index contributed by atoms with van der Waals surface area (Å²) in [6, 6.07) is 4.91. The number of alkyl halides is 3. The van der Waals surface area contributed by atoms with Crippen molar-refractivity contribution in [3.05, 3.63) is 41.7 Å². The molecule has 0 fully saturated rings. The highest BCUT2D eigenvalue weighted by Gasteiger charge is 2.67. The van der Waals surface area contributed by atoms with Gasteiger partial charge in [0.2, 0.25) is 0 Å². The summed E-state index contributed by atoms with van der Waals surface area (Å²) in [6.07, 6.45) is -4.01. The number of carbonyl (C=O) groups is 2. The molecule has 0 amide bonds. The van der Waals surface area contributed by atoms with Gasteiger partial charge >= 0.3 is 18.1 Å². The van der Waals surface area contributed by atoms with Crippen LogP contribution in [-0.2, 0) is 19.1 Å². The monoisotopic (exact) mass is 334 g/mol. The van der Waals surface area contributed by atoms with Gasteiger partial charge in [0.25, 0.3) is 5.41 Å². The molecular formula is C15H14F4O4. The number of esters is 2. The number of hydrogen-bond acceptors (Lipinski definition) is 4. The number of hydrogen-bond donors (Lipinski definition) is 0. The summed E-state index contributed by atoms with van der Waals surface area (Å²) in [7, 11) is 1.49. The lowest BCUT2D eigenvalue weighted by atomic mass is 9.83. The predicted octanol–water partition coefficient (Wildman–Crippen LogP) is 3.12. The molecule has 0 N–H and O–H groups in total. The van der Waals surface area contributed by atoms with Gasteiger partial charge in [0.15, 0.2) is 0 Å². The number of benzene rings is 1. The molecule has 0 heterocycles. The molecule has 1 aromatic rings. The number of carbonyl (C=O) groups excluding carboxylic acids is 2. The number of methoxy groups -OCH3 is 2. The SMILES string of the molecule is COC(=O)C(C/C=C/c1ccc(F)cc1)(C(=O)OC)C(F)(F)F. The maximum Gasteiger partial charge on any atom is 0.415 e. The van der Waals surface area contributed by atoms with Gasteiger partial charge in [-0.3, -0.25) is 9.59 Å². The summed E-state index contributed by atoms with van der Waals surface area (Å²) in [5.74, 6) is -4.03. The van der Waals surface area contributed by atoms with E-state index < -0.39 is 35.8 Å². The van der Waals surface area contributed by atoms with E-state index in [1.807, 2.05) is 0 Å². The van der Waals surface area contributed by atoms with Crippen molar-refractivity contribution in [2.24, 2.45) is 5.41 Å². The second-order valence-electron chi connectivity index (χ2n) is 4.54. The highest BCUT2D eigenvalue weighted by molar-refractivity contribution is 6.01. The molecule has 0 saturated carbocycles. The Bertz CT molecular complexity index is 574. The second kappa shape index (κ2) is 7.26. The molecule has 0 unspecified atom stereocenters. The van der Waals surface area contributed by atoms with Gasteiger partial charge in [0.05, 0.1) is 14.2 Å². The molecule has 8 heteroatoms. The Labute approximate surface area is 129 Å². The maximum atomic E-state index is 13.3. The average molecular weight is 334 g/mol. The van der Waals surface area contributed by atoms with Crippen molar-refractivity contribution in [3.8, 4) is 0 Å². The van der Waals surface area contributed by atoms with E-state index >= 15 is 0 Å². The highest BCUT2D eigenvalue weighted by atomic mass is 19.4. The minimum Gasteiger partial charge on any atom is -0.468 e. The molecule has 0 radical (unpaired) electrons. The first kappa shape index (κ1) is 18.7. The minimum absolute atomic E-state index is 0.400. The van der Waals surface area contributed by atoms with Crippen LogP contribution in [0.2, 0.25) is 0 Å². The Morgan fingerprint density at radius 1 is 1.04 bits per heavy atom. The van der Waals surface area contributed by atoms with Crippen LogP contribution in [0.25, 0.3) is 6.08 Å². The van der Waals surface area contributed by atoms with Crippen molar-refractivity contribution in [3.63, 3.8) is 0 Å². The number of rotatable bonds is 5. The van der Waals surface area contributed by atoms with Crippen molar-refractivity contribution in [1.29, 1.82) is 0 Å². The van der Waals surface area contributed by atoms with E-state index in [1.54, 1.807) is 0 Å². The zero-order chi connectivity index (χ0) is 17.7. The van der Waals surface area contributed by atoms with Crippen LogP contribution in [0.1, 0.15) is 12.0 Å². The Kier molecular flexibility index (Phi) is 5.89. The molecule has 1 rings (SSSR count). The van der Waals surface area contributed by atoms with E-state index in [1.165, 1.54) is 18.2 Å². The van der Waals surface area contributed by atoms with E-state index in [9.17, 15) is 27.2 Å². The zero-order valence-corrected chi connectivity index (χ0v) is 12.3. The standard InChI is InChI=1S/C15H14F4O4/c1-22-12(20)14(13(21)23-2,15(17,18)19)9-3-4-10-5-7-11(16)8-6-10/h3-8H,9H2,1-2H3/b4-3+. The molecule has 0 atom stereocenters. The Morgan fingerprint density at radius 2 is 1.52 bits per heavy atom. The zero-order valence-electron chi connectivity index (χ0n) is 12.3. The molecule has 0 aliphatic rings. The molecule has 0 aromatic heterocycles. The van der Waals surface area contributed by atoms with Gasteiger partial charge < -0.3 is 9.47 Å². The number of allylic oxidation sites excluding steroid dienone is 1. The Balaban J connectivity index is 3.17. The molecule has 23 heavy (non-hydrogen) atoms. The van der Waals surface area contributed by atoms with Crippen LogP contribution in [0, 0.1) is 11.2 Å². The molecule has 0 saturated heterocycles. The first-order valence-corrected chi connectivity index (χ1v) is 6.34. The van der Waals surface area contributed by atoms with Crippen molar-refractivity contribution in [1.82, 2.24) is 0 Å². The molecule has 126 valence electrons. The summed E-state index contributed by atoms with van der Waals surface area (Å²) in [5.41, 5.74) is -3.05. The van der Waals surface area contributed by atoms with Gasteiger partial charge in [-0.25, -0.2) is 4.39 Å². The predicted molar refractivity (Wildman–Crippen MR) is 72.6 cm³/mol. The summed E-state index contributed by atoms with van der Waals surface area (Å²) in [4.78, 5) is 23.3. The van der Waals surface area contributed by atoms with Crippen molar-refractivity contribution < 1.29 is 36.6 Å². The lowest BCUT2D eigenvalue weighted by Gasteiger charge is -2.29. The van der Waals surface area contributed by atoms with Gasteiger partial charge in [-0.15, -0.1) is 0 Å². The normalized spacial score (nSPS) is 12.3. The Hall–Kier alpha value is -2.38. The van der Waals surface area contributed by atoms with Gasteiger partial charge in [0.1, 0.15) is 5.82 Å². The average Bonchev–Trinajstić information content (AvgIpc) is 2.50. The lowest BCUT2D eigenvalue weighted by molar-refractivity contribution is -0.237. The smallest absolute Gasteiger partial charge is 0.415 e. The van der Waals surface area contributed by atoms with Crippen LogP contribution in [0.5, 0.6) is 0 Å². The first-order chi connectivity index (χ1) is 10.7. The third kappa shape index (κ3) is 3.88. The fourth-order valence-electron chi connectivity index (χ4n) is 1.89. The van der Waals surface area contributed by atoms with Crippen LogP contribution in [0.4, 0.5) is 17.6 Å². The van der Waals surface area contributed by atoms with E-state index in [4.69, 9.17) is 0 Å². The van der Waals surface area contributed by atoms with Gasteiger partial charge in [0, 0.05) is 6.42 Å². The number of halogens is 4. The second-order valence-corrected chi connectivity index (χ2v) is 4.54. The molecule has 0 aliphatic heterocycles. The first-order valence-electron chi connectivity index (χ1n) is 6.34. The van der Waals surface area contributed by atoms with Crippen molar-refractivity contribution in [2.45, 2.75) is 12.6 Å². The van der Waals surface area contributed by atoms with Crippen LogP contribution in [-0.4, -0.2) is 32.3 Å². The third-order valence-corrected chi connectivity index (χ3v) is 3.16. The summed E-state index contributed by atoms with van der Waals surface area (Å²) < 4.78 is 61.1. The van der Waals surface area contributed by atoms with E-state index in [-0.39, 0.29) is 0 Å². The summed E-state index contributed by atoms with van der Waals surface area (Å²) in [6.45, 7) is 0. The van der Waals surface area contributed by atoms with E-state index in [2.05, 4.69) is 9.47 Å². The van der Waals surface area contributed by atoms with Crippen LogP contribution < -0.4 is 0 Å². The minimum atomic E-state index is -5.21. The topological polar surface area (TPSA) is 52.6 Å². The highest BCUT2D eigenvalue weighted by Crippen LogP contribution is 2.44. The molecule has 0 bridgehead atoms. The molecule has 4 nitrogen and oxygen atoms in total. The number of ether oxygens (including phenoxy) is 2. The van der Waals surface area contributed by atoms with Crippen molar-refractivity contribution >= 4 is 18.0 Å². The van der Waals surface area contributed by atoms with E-state index in [0.29, 0.717) is 5.56 Å². The molecule has 0 spiro atoms. The van der Waals surface area contributed by atoms with E-state index in [0.717, 1.165) is 32.4 Å². The molecule has 0 aliphatic carbocycles. The lowest BCUT2D eigenvalue weighted by Crippen LogP contribution is -2.52. The fourth-order valence-corrected chi connectivity index (χ4v) is 1.89. The van der Waals surface area contributed by atoms with Gasteiger partial charge in [-0.2, -0.15) is 13.2 Å². The third-order valence-electron chi connectivity index (χ3n) is 3.16. The largest absolute Gasteiger partial charge is 0.468 e. The summed E-state index contributed by atoms with van der Waals surface area (Å²) in [5, 5.41) is 0. The summed E-state index contributed by atoms with van der Waals surface area (Å²) >= 11 is 0. The van der Waals surface area contributed by atoms with Crippen LogP contribution in [0.3, 0.4) is 0 Å². The van der Waals surface area contributed by atoms with Crippen LogP contribution in [0.15, 0.2) is 30.3 Å². The van der Waals surface area contributed by atoms with Crippen LogP contribution >= 0.6 is 0 Å². The quantitative estimate of drug-likeness (QED) is 0.472. The Morgan fingerprint density at radius 3 is 1.91 bits per heavy atom.